The first kappa shape index (κ1) is 13.3. The molecule has 2 heteroatoms. The lowest BCUT2D eigenvalue weighted by Crippen LogP contribution is -2.10. The number of hydrogen-bond donors (Lipinski definition) is 0. The van der Waals surface area contributed by atoms with Crippen LogP contribution in [-0.4, -0.2) is 5.97 Å². The van der Waals surface area contributed by atoms with Gasteiger partial charge < -0.3 is 4.74 Å². The smallest absolute Gasteiger partial charge is 0.338 e. The van der Waals surface area contributed by atoms with Crippen molar-refractivity contribution in [3.05, 3.63) is 54.6 Å². The zero-order chi connectivity index (χ0) is 13.7. The molecule has 0 spiro atoms. The van der Waals surface area contributed by atoms with E-state index in [4.69, 9.17) is 4.74 Å². The Labute approximate surface area is 113 Å². The summed E-state index contributed by atoms with van der Waals surface area (Å²) in [5.74, 6) is 0.269. The number of carbonyl (C=O) groups is 1. The van der Waals surface area contributed by atoms with Gasteiger partial charge in [-0.25, -0.2) is 4.79 Å². The van der Waals surface area contributed by atoms with Gasteiger partial charge in [-0.3, -0.25) is 0 Å². The highest BCUT2D eigenvalue weighted by atomic mass is 16.5. The summed E-state index contributed by atoms with van der Waals surface area (Å²) in [5, 5.41) is 2.01. The molecule has 0 heterocycles. The third-order valence-corrected chi connectivity index (χ3v) is 3.07. The molecule has 0 aromatic heterocycles. The van der Waals surface area contributed by atoms with Crippen molar-refractivity contribution in [3.63, 3.8) is 0 Å². The van der Waals surface area contributed by atoms with Gasteiger partial charge in [0.05, 0.1) is 0 Å². The highest BCUT2D eigenvalue weighted by Gasteiger charge is 2.11. The van der Waals surface area contributed by atoms with Crippen LogP contribution in [0.2, 0.25) is 0 Å². The maximum absolute atomic E-state index is 11.9. The highest BCUT2D eigenvalue weighted by molar-refractivity contribution is 5.94. The lowest BCUT2D eigenvalue weighted by molar-refractivity contribution is -0.130. The summed E-state index contributed by atoms with van der Waals surface area (Å²) in [7, 11) is 0. The molecular weight excluding hydrogens is 236 g/mol. The van der Waals surface area contributed by atoms with Crippen LogP contribution in [0.25, 0.3) is 10.8 Å². The van der Waals surface area contributed by atoms with E-state index in [0.717, 1.165) is 23.6 Å². The third-order valence-electron chi connectivity index (χ3n) is 3.07. The average Bonchev–Trinajstić information content (AvgIpc) is 2.45. The van der Waals surface area contributed by atoms with Crippen molar-refractivity contribution in [1.82, 2.24) is 0 Å². The summed E-state index contributed by atoms with van der Waals surface area (Å²) < 4.78 is 5.45. The van der Waals surface area contributed by atoms with Crippen LogP contribution in [0, 0.1) is 0 Å². The fourth-order valence-corrected chi connectivity index (χ4v) is 1.95. The van der Waals surface area contributed by atoms with E-state index >= 15 is 0 Å². The molecular formula is C17H18O2. The van der Waals surface area contributed by atoms with E-state index in [0.29, 0.717) is 17.7 Å². The molecule has 0 amide bonds. The molecule has 2 nitrogen and oxygen atoms in total. The molecule has 0 bridgehead atoms. The Balaban J connectivity index is 2.17. The van der Waals surface area contributed by atoms with Gasteiger partial charge in [0, 0.05) is 11.0 Å². The lowest BCUT2D eigenvalue weighted by atomic mass is 10.1. The first-order valence-corrected chi connectivity index (χ1v) is 6.60. The number of fused-ring (bicyclic) bond motifs is 1. The molecule has 0 N–H and O–H groups in total. The second-order valence-electron chi connectivity index (χ2n) is 4.57. The van der Waals surface area contributed by atoms with Crippen molar-refractivity contribution in [2.45, 2.75) is 26.2 Å². The molecule has 0 unspecified atom stereocenters. The summed E-state index contributed by atoms with van der Waals surface area (Å²) in [5.41, 5.74) is 0.537. The molecule has 98 valence electrons. The van der Waals surface area contributed by atoms with E-state index in [1.165, 1.54) is 0 Å². The van der Waals surface area contributed by atoms with Crippen LogP contribution < -0.4 is 4.74 Å². The number of esters is 1. The van der Waals surface area contributed by atoms with Gasteiger partial charge in [0.15, 0.2) is 0 Å². The van der Waals surface area contributed by atoms with Gasteiger partial charge in [0.25, 0.3) is 0 Å². The molecule has 0 fully saturated rings. The number of hydrogen-bond acceptors (Lipinski definition) is 2. The number of rotatable bonds is 5. The molecule has 0 aliphatic rings. The fraction of sp³-hybridized carbons (Fsp3) is 0.235. The van der Waals surface area contributed by atoms with Gasteiger partial charge in [-0.15, -0.1) is 0 Å². The average molecular weight is 254 g/mol. The second kappa shape index (κ2) is 6.19. The molecule has 0 aliphatic carbocycles. The van der Waals surface area contributed by atoms with Crippen molar-refractivity contribution in [3.8, 4) is 5.75 Å². The normalized spacial score (nSPS) is 10.4. The van der Waals surface area contributed by atoms with Crippen LogP contribution >= 0.6 is 0 Å². The Kier molecular flexibility index (Phi) is 4.35. The van der Waals surface area contributed by atoms with E-state index in [2.05, 4.69) is 13.5 Å². The van der Waals surface area contributed by atoms with Crippen LogP contribution in [0.3, 0.4) is 0 Å². The first-order chi connectivity index (χ1) is 9.22. The largest absolute Gasteiger partial charge is 0.423 e. The van der Waals surface area contributed by atoms with Crippen LogP contribution in [-0.2, 0) is 4.79 Å². The number of carbonyl (C=O) groups excluding carboxylic acids is 1. The Bertz CT molecular complexity index is 594. The zero-order valence-corrected chi connectivity index (χ0v) is 11.2. The summed E-state index contributed by atoms with van der Waals surface area (Å²) in [6.07, 6.45) is 2.70. The predicted octanol–water partition coefficient (Wildman–Crippen LogP) is 4.49. The minimum absolute atomic E-state index is 0.329. The van der Waals surface area contributed by atoms with Crippen LogP contribution in [0.15, 0.2) is 54.6 Å². The minimum Gasteiger partial charge on any atom is -0.423 e. The molecule has 0 saturated carbocycles. The van der Waals surface area contributed by atoms with Gasteiger partial charge in [0.1, 0.15) is 5.75 Å². The maximum Gasteiger partial charge on any atom is 0.338 e. The number of benzene rings is 2. The zero-order valence-electron chi connectivity index (χ0n) is 11.2. The van der Waals surface area contributed by atoms with Gasteiger partial charge in [-0.2, -0.15) is 0 Å². The molecule has 0 atom stereocenters. The number of unbranched alkanes of at least 4 members (excludes halogenated alkanes) is 1. The van der Waals surface area contributed by atoms with Gasteiger partial charge >= 0.3 is 5.97 Å². The van der Waals surface area contributed by atoms with E-state index in [1.54, 1.807) is 0 Å². The maximum atomic E-state index is 11.9. The van der Waals surface area contributed by atoms with E-state index in [9.17, 15) is 4.79 Å². The summed E-state index contributed by atoms with van der Waals surface area (Å²) in [6.45, 7) is 5.88. The van der Waals surface area contributed by atoms with Crippen molar-refractivity contribution >= 4 is 16.7 Å². The SMILES string of the molecule is C=C(CCCC)C(=O)Oc1cccc2ccccc12. The Morgan fingerprint density at radius 2 is 1.89 bits per heavy atom. The van der Waals surface area contributed by atoms with Crippen LogP contribution in [0.5, 0.6) is 5.75 Å². The molecule has 2 rings (SSSR count). The molecule has 19 heavy (non-hydrogen) atoms. The Morgan fingerprint density at radius 1 is 1.16 bits per heavy atom. The quantitative estimate of drug-likeness (QED) is 0.446. The second-order valence-corrected chi connectivity index (χ2v) is 4.57. The summed E-state index contributed by atoms with van der Waals surface area (Å²) in [6, 6.07) is 13.6. The summed E-state index contributed by atoms with van der Waals surface area (Å²) >= 11 is 0. The third kappa shape index (κ3) is 3.22. The molecule has 0 aliphatic heterocycles. The monoisotopic (exact) mass is 254 g/mol. The van der Waals surface area contributed by atoms with Crippen molar-refractivity contribution < 1.29 is 9.53 Å². The first-order valence-electron chi connectivity index (χ1n) is 6.60. The van der Waals surface area contributed by atoms with Gasteiger partial charge in [0.2, 0.25) is 0 Å². The van der Waals surface area contributed by atoms with Crippen LogP contribution in [0.1, 0.15) is 26.2 Å². The lowest BCUT2D eigenvalue weighted by Gasteiger charge is -2.09. The highest BCUT2D eigenvalue weighted by Crippen LogP contribution is 2.26. The van der Waals surface area contributed by atoms with Crippen LogP contribution in [0.4, 0.5) is 0 Å². The Morgan fingerprint density at radius 3 is 2.68 bits per heavy atom. The minimum atomic E-state index is -0.329. The van der Waals surface area contributed by atoms with E-state index < -0.39 is 0 Å². The molecule has 0 saturated heterocycles. The van der Waals surface area contributed by atoms with Crippen molar-refractivity contribution in [2.75, 3.05) is 0 Å². The standard InChI is InChI=1S/C17H18O2/c1-3-4-8-13(2)17(18)19-16-12-7-10-14-9-5-6-11-15(14)16/h5-7,9-12H,2-4,8H2,1H3. The van der Waals surface area contributed by atoms with Crippen molar-refractivity contribution in [2.24, 2.45) is 0 Å². The topological polar surface area (TPSA) is 26.3 Å². The predicted molar refractivity (Wildman–Crippen MR) is 78.2 cm³/mol. The molecule has 2 aromatic carbocycles. The number of ether oxygens (including phenoxy) is 1. The fourth-order valence-electron chi connectivity index (χ4n) is 1.95. The Hall–Kier alpha value is -2.09. The van der Waals surface area contributed by atoms with Gasteiger partial charge in [-0.1, -0.05) is 56.3 Å². The molecule has 0 radical (unpaired) electrons. The summed E-state index contributed by atoms with van der Waals surface area (Å²) in [4.78, 5) is 11.9. The van der Waals surface area contributed by atoms with Gasteiger partial charge in [-0.05, 0) is 24.3 Å². The van der Waals surface area contributed by atoms with E-state index in [-0.39, 0.29) is 5.97 Å². The van der Waals surface area contributed by atoms with Crippen molar-refractivity contribution in [1.29, 1.82) is 0 Å². The molecule has 2 aromatic rings. The van der Waals surface area contributed by atoms with E-state index in [1.807, 2.05) is 42.5 Å².